The van der Waals surface area contributed by atoms with Crippen molar-refractivity contribution in [3.8, 4) is 5.75 Å². The van der Waals surface area contributed by atoms with Gasteiger partial charge < -0.3 is 10.1 Å². The first-order valence-corrected chi connectivity index (χ1v) is 8.45. The molecule has 0 aliphatic heterocycles. The number of ether oxygens (including phenoxy) is 1. The minimum atomic E-state index is -1.04. The Morgan fingerprint density at radius 1 is 1.09 bits per heavy atom. The van der Waals surface area contributed by atoms with Crippen LogP contribution in [0.25, 0.3) is 0 Å². The lowest BCUT2D eigenvalue weighted by atomic mass is 10.1. The van der Waals surface area contributed by atoms with Gasteiger partial charge in [-0.15, -0.1) is 0 Å². The summed E-state index contributed by atoms with van der Waals surface area (Å²) in [6.07, 6.45) is 0. The van der Waals surface area contributed by atoms with Gasteiger partial charge in [0, 0.05) is 8.95 Å². The molecule has 0 heterocycles. The Hall–Kier alpha value is -1.04. The second kappa shape index (κ2) is 7.02. The van der Waals surface area contributed by atoms with Gasteiger partial charge in [-0.25, -0.2) is 0 Å². The van der Waals surface area contributed by atoms with Crippen LogP contribution >= 0.6 is 43.5 Å². The van der Waals surface area contributed by atoms with E-state index in [1.54, 1.807) is 38.1 Å². The monoisotopic (exact) mass is 445 g/mol. The molecule has 0 saturated carbocycles. The number of carbonyl (C=O) groups excluding carboxylic acids is 1. The van der Waals surface area contributed by atoms with Crippen molar-refractivity contribution < 1.29 is 9.53 Å². The zero-order chi connectivity index (χ0) is 16.3. The summed E-state index contributed by atoms with van der Waals surface area (Å²) in [5.41, 5.74) is -0.494. The van der Waals surface area contributed by atoms with Crippen LogP contribution in [0.4, 0.5) is 5.69 Å². The number of nitrogens with one attached hydrogen (secondary N) is 1. The van der Waals surface area contributed by atoms with Gasteiger partial charge >= 0.3 is 0 Å². The van der Waals surface area contributed by atoms with Crippen LogP contribution in [0.2, 0.25) is 5.02 Å². The standard InChI is InChI=1S/C16H14Br2ClNO2/c1-16(2,22-12-6-3-10(17)4-7-12)15(21)20-14-8-5-11(18)9-13(14)19/h3-9H,1-2H3,(H,20,21). The molecule has 0 radical (unpaired) electrons. The molecule has 0 aliphatic rings. The maximum atomic E-state index is 12.4. The lowest BCUT2D eigenvalue weighted by Gasteiger charge is -2.25. The van der Waals surface area contributed by atoms with E-state index in [0.29, 0.717) is 16.5 Å². The van der Waals surface area contributed by atoms with Gasteiger partial charge in [-0.3, -0.25) is 4.79 Å². The Kier molecular flexibility index (Phi) is 5.53. The van der Waals surface area contributed by atoms with Gasteiger partial charge in [0.05, 0.1) is 10.7 Å². The van der Waals surface area contributed by atoms with Crippen LogP contribution in [0.5, 0.6) is 5.75 Å². The fourth-order valence-corrected chi connectivity index (χ4v) is 2.69. The molecule has 0 fully saturated rings. The molecule has 22 heavy (non-hydrogen) atoms. The lowest BCUT2D eigenvalue weighted by Crippen LogP contribution is -2.42. The summed E-state index contributed by atoms with van der Waals surface area (Å²) in [5.74, 6) is 0.338. The predicted molar refractivity (Wildman–Crippen MR) is 96.6 cm³/mol. The molecule has 1 N–H and O–H groups in total. The summed E-state index contributed by atoms with van der Waals surface area (Å²) in [5, 5.41) is 3.24. The van der Waals surface area contributed by atoms with Gasteiger partial charge in [-0.1, -0.05) is 43.5 Å². The second-order valence-electron chi connectivity index (χ2n) is 5.14. The zero-order valence-corrected chi connectivity index (χ0v) is 15.9. The lowest BCUT2D eigenvalue weighted by molar-refractivity contribution is -0.128. The fourth-order valence-electron chi connectivity index (χ4n) is 1.71. The molecule has 0 aliphatic carbocycles. The van der Waals surface area contributed by atoms with Crippen LogP contribution in [0.1, 0.15) is 13.8 Å². The van der Waals surface area contributed by atoms with Gasteiger partial charge in [-0.05, 0) is 56.3 Å². The molecule has 3 nitrogen and oxygen atoms in total. The highest BCUT2D eigenvalue weighted by Gasteiger charge is 2.30. The summed E-state index contributed by atoms with van der Waals surface area (Å²) >= 11 is 12.8. The fraction of sp³-hybridized carbons (Fsp3) is 0.188. The average molecular weight is 448 g/mol. The largest absolute Gasteiger partial charge is 0.478 e. The first-order valence-electron chi connectivity index (χ1n) is 6.49. The maximum Gasteiger partial charge on any atom is 0.268 e. The van der Waals surface area contributed by atoms with Crippen LogP contribution in [-0.2, 0) is 4.79 Å². The number of rotatable bonds is 4. The van der Waals surface area contributed by atoms with Crippen molar-refractivity contribution in [2.75, 3.05) is 5.32 Å². The van der Waals surface area contributed by atoms with Crippen molar-refractivity contribution >= 4 is 55.1 Å². The third-order valence-corrected chi connectivity index (χ3v) is 4.25. The van der Waals surface area contributed by atoms with Crippen molar-refractivity contribution in [1.82, 2.24) is 0 Å². The third kappa shape index (κ3) is 4.48. The van der Waals surface area contributed by atoms with Gasteiger partial charge in [0.15, 0.2) is 5.60 Å². The Morgan fingerprint density at radius 2 is 1.68 bits per heavy atom. The molecule has 116 valence electrons. The summed E-state index contributed by atoms with van der Waals surface area (Å²) in [7, 11) is 0. The van der Waals surface area contributed by atoms with Gasteiger partial charge in [0.1, 0.15) is 5.75 Å². The second-order valence-corrected chi connectivity index (χ2v) is 7.38. The van der Waals surface area contributed by atoms with Crippen molar-refractivity contribution in [2.24, 2.45) is 0 Å². The molecule has 0 saturated heterocycles. The van der Waals surface area contributed by atoms with Crippen LogP contribution < -0.4 is 10.1 Å². The van der Waals surface area contributed by atoms with Crippen molar-refractivity contribution in [1.29, 1.82) is 0 Å². The van der Waals surface area contributed by atoms with E-state index in [-0.39, 0.29) is 5.91 Å². The smallest absolute Gasteiger partial charge is 0.268 e. The molecule has 0 bridgehead atoms. The van der Waals surface area contributed by atoms with E-state index in [4.69, 9.17) is 16.3 Å². The van der Waals surface area contributed by atoms with Gasteiger partial charge in [0.25, 0.3) is 5.91 Å². The first-order chi connectivity index (χ1) is 10.3. The van der Waals surface area contributed by atoms with E-state index >= 15 is 0 Å². The minimum absolute atomic E-state index is 0.278. The van der Waals surface area contributed by atoms with Gasteiger partial charge in [-0.2, -0.15) is 0 Å². The highest BCUT2D eigenvalue weighted by molar-refractivity contribution is 9.10. The molecule has 0 atom stereocenters. The molecule has 2 aromatic rings. The Balaban J connectivity index is 2.11. The molecule has 0 unspecified atom stereocenters. The number of hydrogen-bond acceptors (Lipinski definition) is 2. The number of hydrogen-bond donors (Lipinski definition) is 1. The molecule has 6 heteroatoms. The normalized spacial score (nSPS) is 11.1. The van der Waals surface area contributed by atoms with Crippen LogP contribution in [0, 0.1) is 0 Å². The maximum absolute atomic E-state index is 12.4. The van der Waals surface area contributed by atoms with E-state index in [2.05, 4.69) is 37.2 Å². The minimum Gasteiger partial charge on any atom is -0.478 e. The molecule has 0 aromatic heterocycles. The Bertz CT molecular complexity index is 687. The van der Waals surface area contributed by atoms with E-state index in [0.717, 1.165) is 8.95 Å². The zero-order valence-electron chi connectivity index (χ0n) is 12.0. The SMILES string of the molecule is CC(C)(Oc1ccc(Br)cc1)C(=O)Nc1ccc(Br)cc1Cl. The third-order valence-electron chi connectivity index (χ3n) is 2.91. The Labute approximate surface area is 151 Å². The van der Waals surface area contributed by atoms with E-state index in [1.165, 1.54) is 0 Å². The highest BCUT2D eigenvalue weighted by atomic mass is 79.9. The molecular formula is C16H14Br2ClNO2. The van der Waals surface area contributed by atoms with Crippen molar-refractivity contribution in [2.45, 2.75) is 19.4 Å². The van der Waals surface area contributed by atoms with E-state index in [1.807, 2.05) is 18.2 Å². The number of benzene rings is 2. The quantitative estimate of drug-likeness (QED) is 0.657. The summed E-state index contributed by atoms with van der Waals surface area (Å²) < 4.78 is 7.57. The van der Waals surface area contributed by atoms with Crippen LogP contribution in [0.15, 0.2) is 51.4 Å². The van der Waals surface area contributed by atoms with Crippen LogP contribution in [-0.4, -0.2) is 11.5 Å². The molecule has 2 aromatic carbocycles. The number of halogens is 3. The van der Waals surface area contributed by atoms with Gasteiger partial charge in [0.2, 0.25) is 0 Å². The van der Waals surface area contributed by atoms with E-state index in [9.17, 15) is 4.79 Å². The Morgan fingerprint density at radius 3 is 2.27 bits per heavy atom. The van der Waals surface area contributed by atoms with Crippen LogP contribution in [0.3, 0.4) is 0 Å². The molecule has 0 spiro atoms. The molecular weight excluding hydrogens is 433 g/mol. The summed E-state index contributed by atoms with van der Waals surface area (Å²) in [6, 6.07) is 12.6. The average Bonchev–Trinajstić information content (AvgIpc) is 2.44. The summed E-state index contributed by atoms with van der Waals surface area (Å²) in [6.45, 7) is 3.41. The highest BCUT2D eigenvalue weighted by Crippen LogP contribution is 2.27. The topological polar surface area (TPSA) is 38.3 Å². The number of anilines is 1. The summed E-state index contributed by atoms with van der Waals surface area (Å²) in [4.78, 5) is 12.4. The van der Waals surface area contributed by atoms with E-state index < -0.39 is 5.60 Å². The predicted octanol–water partition coefficient (Wildman–Crippen LogP) is 5.66. The van der Waals surface area contributed by atoms with Crippen molar-refractivity contribution in [3.63, 3.8) is 0 Å². The number of carbonyl (C=O) groups is 1. The first kappa shape index (κ1) is 17.3. The number of amides is 1. The molecule has 2 rings (SSSR count). The molecule has 1 amide bonds. The van der Waals surface area contributed by atoms with Crippen molar-refractivity contribution in [3.05, 3.63) is 56.4 Å².